The first-order chi connectivity index (χ1) is 22.1. The van der Waals surface area contributed by atoms with Crippen molar-refractivity contribution in [2.24, 2.45) is 11.8 Å². The van der Waals surface area contributed by atoms with Crippen molar-refractivity contribution in [3.8, 4) is 0 Å². The molecule has 0 aromatic heterocycles. The molecule has 2 unspecified atom stereocenters. The predicted molar refractivity (Wildman–Crippen MR) is 201 cm³/mol. The van der Waals surface area contributed by atoms with E-state index >= 15 is 0 Å². The molecule has 1 aliphatic rings. The Balaban J connectivity index is -0.000000768. The number of ether oxygens (including phenoxy) is 4. The molecule has 46 heavy (non-hydrogen) atoms. The number of allylic oxidation sites excluding steroid dienone is 3. The number of nitrogens with one attached hydrogen (secondary N) is 1. The Morgan fingerprint density at radius 1 is 1.11 bits per heavy atom. The van der Waals surface area contributed by atoms with Crippen LogP contribution in [0.3, 0.4) is 0 Å². The van der Waals surface area contributed by atoms with Gasteiger partial charge in [0, 0.05) is 49.5 Å². The molecule has 8 heteroatoms. The maximum Gasteiger partial charge on any atom is 0.207 e. The predicted octanol–water partition coefficient (Wildman–Crippen LogP) is 9.92. The van der Waals surface area contributed by atoms with Gasteiger partial charge in [-0.3, -0.25) is 4.79 Å². The zero-order valence-corrected chi connectivity index (χ0v) is 32.1. The van der Waals surface area contributed by atoms with E-state index in [0.29, 0.717) is 31.6 Å². The first kappa shape index (κ1) is 48.0. The van der Waals surface area contributed by atoms with Gasteiger partial charge in [0.2, 0.25) is 6.41 Å². The standard InChI is InChI=1S/C21H32N2O2S.C10H18O3.C3H6.2C2H6/c1-6-18(5)25-21(7-2)19-9-11-20(12-10-19)26-23(15-17(3)4)14-8-13-22-16-24;1-7(2)10-12-5-8(3)9(11-4)6-13-10;1-3-2;2*1-2/h7,9-12,16-17H,5-6,8,13-15H2,1-4H3,(H,22,24);7,9-10H,3,5-6H2,1-2,4H3;3H,1H2,2H3;2*1-2H3/b21-7-;;;;. The number of amides is 1. The minimum atomic E-state index is -0.128. The number of benzene rings is 1. The van der Waals surface area contributed by atoms with Crippen molar-refractivity contribution in [2.75, 3.05) is 40.0 Å². The summed E-state index contributed by atoms with van der Waals surface area (Å²) in [5.41, 5.74) is 2.00. The molecule has 0 radical (unpaired) electrons. The van der Waals surface area contributed by atoms with Crippen LogP contribution in [0.4, 0.5) is 0 Å². The third-order valence-electron chi connectivity index (χ3n) is 5.79. The maximum atomic E-state index is 10.4. The summed E-state index contributed by atoms with van der Waals surface area (Å²) in [5.74, 6) is 2.56. The van der Waals surface area contributed by atoms with E-state index in [1.54, 1.807) is 25.1 Å². The largest absolute Gasteiger partial charge is 0.462 e. The van der Waals surface area contributed by atoms with Crippen LogP contribution in [0.25, 0.3) is 5.76 Å². The lowest BCUT2D eigenvalue weighted by molar-refractivity contribution is -0.156. The summed E-state index contributed by atoms with van der Waals surface area (Å²) in [6.45, 7) is 37.4. The van der Waals surface area contributed by atoms with Gasteiger partial charge in [-0.05, 0) is 61.9 Å². The van der Waals surface area contributed by atoms with Crippen molar-refractivity contribution in [3.63, 3.8) is 0 Å². The normalized spacial score (nSPS) is 15.8. The molecule has 1 aliphatic heterocycles. The summed E-state index contributed by atoms with van der Waals surface area (Å²) < 4.78 is 24.4. The van der Waals surface area contributed by atoms with E-state index in [1.165, 1.54) is 4.90 Å². The van der Waals surface area contributed by atoms with Gasteiger partial charge in [0.15, 0.2) is 6.29 Å². The van der Waals surface area contributed by atoms with Crippen LogP contribution in [-0.4, -0.2) is 63.1 Å². The molecule has 266 valence electrons. The second-order valence-electron chi connectivity index (χ2n) is 10.5. The Morgan fingerprint density at radius 2 is 1.70 bits per heavy atom. The van der Waals surface area contributed by atoms with E-state index < -0.39 is 0 Å². The van der Waals surface area contributed by atoms with E-state index in [9.17, 15) is 4.79 Å². The molecule has 7 nitrogen and oxygen atoms in total. The van der Waals surface area contributed by atoms with E-state index in [1.807, 2.05) is 54.5 Å². The highest BCUT2D eigenvalue weighted by molar-refractivity contribution is 7.97. The Morgan fingerprint density at radius 3 is 2.15 bits per heavy atom. The summed E-state index contributed by atoms with van der Waals surface area (Å²) in [5, 5.41) is 2.72. The number of hydrogen-bond donors (Lipinski definition) is 1. The third-order valence-corrected chi connectivity index (χ3v) is 6.87. The van der Waals surface area contributed by atoms with Gasteiger partial charge in [-0.25, -0.2) is 4.31 Å². The van der Waals surface area contributed by atoms with E-state index in [2.05, 4.69) is 81.3 Å². The van der Waals surface area contributed by atoms with Crippen LogP contribution in [0.1, 0.15) is 94.6 Å². The summed E-state index contributed by atoms with van der Waals surface area (Å²) >= 11 is 1.76. The Bertz CT molecular complexity index is 932. The Labute approximate surface area is 288 Å². The average Bonchev–Trinajstić information content (AvgIpc) is 3.25. The van der Waals surface area contributed by atoms with Crippen LogP contribution in [0.2, 0.25) is 0 Å². The van der Waals surface area contributed by atoms with E-state index in [-0.39, 0.29) is 12.4 Å². The number of carbonyl (C=O) groups is 1. The minimum Gasteiger partial charge on any atom is -0.462 e. The van der Waals surface area contributed by atoms with E-state index in [0.717, 1.165) is 55.0 Å². The molecule has 1 N–H and O–H groups in total. The van der Waals surface area contributed by atoms with Gasteiger partial charge in [-0.2, -0.15) is 0 Å². The summed E-state index contributed by atoms with van der Waals surface area (Å²) in [6, 6.07) is 8.42. The molecule has 0 spiro atoms. The number of nitrogens with zero attached hydrogens (tertiary/aromatic N) is 1. The van der Waals surface area contributed by atoms with Crippen molar-refractivity contribution in [2.45, 2.75) is 106 Å². The van der Waals surface area contributed by atoms with Crippen LogP contribution >= 0.6 is 11.9 Å². The van der Waals surface area contributed by atoms with Crippen LogP contribution < -0.4 is 5.32 Å². The molecule has 1 fully saturated rings. The summed E-state index contributed by atoms with van der Waals surface area (Å²) in [7, 11) is 1.66. The number of rotatable bonds is 15. The highest BCUT2D eigenvalue weighted by Crippen LogP contribution is 2.27. The lowest BCUT2D eigenvalue weighted by atomic mass is 10.2. The van der Waals surface area contributed by atoms with Gasteiger partial charge in [0.25, 0.3) is 0 Å². The van der Waals surface area contributed by atoms with Crippen LogP contribution in [0.5, 0.6) is 0 Å². The van der Waals surface area contributed by atoms with Gasteiger partial charge in [-0.1, -0.05) is 93.7 Å². The molecule has 1 heterocycles. The van der Waals surface area contributed by atoms with Crippen molar-refractivity contribution in [3.05, 3.63) is 73.1 Å². The zero-order valence-electron chi connectivity index (χ0n) is 31.3. The average molecular weight is 665 g/mol. The van der Waals surface area contributed by atoms with Crippen LogP contribution in [0.15, 0.2) is 72.4 Å². The fourth-order valence-electron chi connectivity index (χ4n) is 3.59. The molecule has 1 amide bonds. The lowest BCUT2D eigenvalue weighted by Gasteiger charge is -2.23. The molecule has 2 rings (SSSR count). The Hall–Kier alpha value is -2.36. The highest BCUT2D eigenvalue weighted by Gasteiger charge is 2.24. The number of hydrogen-bond acceptors (Lipinski definition) is 7. The molecule has 0 saturated carbocycles. The summed E-state index contributed by atoms with van der Waals surface area (Å²) in [6.07, 6.45) is 6.06. The van der Waals surface area contributed by atoms with Gasteiger partial charge in [0.05, 0.1) is 19.0 Å². The quantitative estimate of drug-likeness (QED) is 0.0658. The monoisotopic (exact) mass is 664 g/mol. The van der Waals surface area contributed by atoms with Crippen molar-refractivity contribution in [1.82, 2.24) is 9.62 Å². The zero-order chi connectivity index (χ0) is 35.9. The van der Waals surface area contributed by atoms with Crippen molar-refractivity contribution in [1.29, 1.82) is 0 Å². The maximum absolute atomic E-state index is 10.4. The van der Waals surface area contributed by atoms with Gasteiger partial charge in [0.1, 0.15) is 11.9 Å². The number of carbonyl (C=O) groups excluding carboxylic acids is 1. The van der Waals surface area contributed by atoms with E-state index in [4.69, 9.17) is 18.9 Å². The smallest absolute Gasteiger partial charge is 0.207 e. The van der Waals surface area contributed by atoms with Gasteiger partial charge < -0.3 is 24.3 Å². The molecular formula is C38H68N2O5S. The molecular weight excluding hydrogens is 596 g/mol. The van der Waals surface area contributed by atoms with Crippen LogP contribution in [0, 0.1) is 11.8 Å². The first-order valence-corrected chi connectivity index (χ1v) is 17.6. The fraction of sp³-hybridized carbons (Fsp3) is 0.605. The molecule has 1 saturated heterocycles. The Kier molecular flexibility index (Phi) is 34.0. The number of methoxy groups -OCH3 is 1. The molecule has 1 aromatic carbocycles. The fourth-order valence-corrected chi connectivity index (χ4v) is 4.74. The first-order valence-electron chi connectivity index (χ1n) is 16.8. The minimum absolute atomic E-state index is 0.0243. The lowest BCUT2D eigenvalue weighted by Crippen LogP contribution is -2.25. The second kappa shape index (κ2) is 32.6. The van der Waals surface area contributed by atoms with Gasteiger partial charge in [-0.15, -0.1) is 6.58 Å². The topological polar surface area (TPSA) is 69.3 Å². The summed E-state index contributed by atoms with van der Waals surface area (Å²) in [4.78, 5) is 11.6. The molecule has 2 atom stereocenters. The van der Waals surface area contributed by atoms with Gasteiger partial charge >= 0.3 is 0 Å². The second-order valence-corrected chi connectivity index (χ2v) is 11.7. The SMILES string of the molecule is C=C(CC)O/C(=C\C)c1ccc(SN(CCCNC=O)CC(C)C)cc1.C=C1COC(C(C)C)OCC1OC.C=CC.CC.CC. The molecule has 0 aliphatic carbocycles. The highest BCUT2D eigenvalue weighted by atomic mass is 32.2. The van der Waals surface area contributed by atoms with Crippen molar-refractivity contribution < 1.29 is 23.7 Å². The van der Waals surface area contributed by atoms with Crippen molar-refractivity contribution >= 4 is 24.1 Å². The molecule has 1 aromatic rings. The van der Waals surface area contributed by atoms with Crippen LogP contribution in [-0.2, 0) is 23.7 Å². The molecule has 0 bridgehead atoms. The third kappa shape index (κ3) is 23.9.